The van der Waals surface area contributed by atoms with Crippen LogP contribution in [-0.4, -0.2) is 47.1 Å². The van der Waals surface area contributed by atoms with Crippen LogP contribution in [0.15, 0.2) is 0 Å². The molecule has 2 atom stereocenters. The lowest BCUT2D eigenvalue weighted by molar-refractivity contribution is -0.139. The molecule has 1 aliphatic rings. The molecule has 0 aromatic rings. The molecule has 1 rings (SSSR count). The van der Waals surface area contributed by atoms with Gasteiger partial charge in [0.25, 0.3) is 0 Å². The Morgan fingerprint density at radius 3 is 2.88 bits per heavy atom. The second kappa shape index (κ2) is 5.84. The summed E-state index contributed by atoms with van der Waals surface area (Å²) >= 11 is 0. The smallest absolute Gasteiger partial charge is 0.303 e. The minimum absolute atomic E-state index is 0.0378. The van der Waals surface area contributed by atoms with Gasteiger partial charge in [0.05, 0.1) is 6.04 Å². The Bertz CT molecular complexity index is 268. The van der Waals surface area contributed by atoms with Gasteiger partial charge in [-0.2, -0.15) is 0 Å². The minimum Gasteiger partial charge on any atom is -0.481 e. The number of hydrogen-bond donors (Lipinski definition) is 2. The van der Waals surface area contributed by atoms with E-state index in [9.17, 15) is 9.59 Å². The van der Waals surface area contributed by atoms with E-state index in [2.05, 4.69) is 5.32 Å². The molecule has 2 N–H and O–H groups in total. The Hall–Kier alpha value is -1.10. The van der Waals surface area contributed by atoms with Gasteiger partial charge in [-0.15, -0.1) is 0 Å². The van der Waals surface area contributed by atoms with Crippen LogP contribution >= 0.6 is 0 Å². The summed E-state index contributed by atoms with van der Waals surface area (Å²) in [6.07, 6.45) is 1.35. The standard InChI is InChI=1S/C11H20N2O3/c1-3-6-13-7-8(2)12-9(11(13)16)4-5-10(14)15/h8-9,12H,3-7H2,1-2H3,(H,14,15). The molecule has 1 fully saturated rings. The van der Waals surface area contributed by atoms with Gasteiger partial charge in [0.15, 0.2) is 0 Å². The molecule has 1 aliphatic heterocycles. The maximum Gasteiger partial charge on any atom is 0.303 e. The number of nitrogens with one attached hydrogen (secondary N) is 1. The van der Waals surface area contributed by atoms with Crippen molar-refractivity contribution in [3.8, 4) is 0 Å². The zero-order valence-corrected chi connectivity index (χ0v) is 9.90. The van der Waals surface area contributed by atoms with E-state index in [1.54, 1.807) is 0 Å². The molecule has 0 saturated carbocycles. The molecular weight excluding hydrogens is 208 g/mol. The molecule has 0 aliphatic carbocycles. The van der Waals surface area contributed by atoms with Gasteiger partial charge in [-0.1, -0.05) is 6.92 Å². The molecule has 0 aromatic carbocycles. The lowest BCUT2D eigenvalue weighted by Crippen LogP contribution is -2.59. The van der Waals surface area contributed by atoms with Crippen LogP contribution in [0.5, 0.6) is 0 Å². The van der Waals surface area contributed by atoms with Crippen LogP contribution < -0.4 is 5.32 Å². The number of carbonyl (C=O) groups is 2. The first-order valence-electron chi connectivity index (χ1n) is 5.81. The number of rotatable bonds is 5. The van der Waals surface area contributed by atoms with Crippen molar-refractivity contribution in [2.75, 3.05) is 13.1 Å². The maximum atomic E-state index is 11.9. The summed E-state index contributed by atoms with van der Waals surface area (Å²) in [5.74, 6) is -0.809. The molecule has 0 bridgehead atoms. The molecule has 2 unspecified atom stereocenters. The van der Waals surface area contributed by atoms with Crippen LogP contribution in [-0.2, 0) is 9.59 Å². The summed E-state index contributed by atoms with van der Waals surface area (Å²) in [4.78, 5) is 24.3. The third-order valence-corrected chi connectivity index (χ3v) is 2.73. The highest BCUT2D eigenvalue weighted by Gasteiger charge is 2.31. The fourth-order valence-corrected chi connectivity index (χ4v) is 2.05. The monoisotopic (exact) mass is 228 g/mol. The van der Waals surface area contributed by atoms with E-state index in [4.69, 9.17) is 5.11 Å². The quantitative estimate of drug-likeness (QED) is 0.717. The van der Waals surface area contributed by atoms with E-state index in [0.717, 1.165) is 19.5 Å². The number of piperazine rings is 1. The van der Waals surface area contributed by atoms with Crippen molar-refractivity contribution in [1.82, 2.24) is 10.2 Å². The van der Waals surface area contributed by atoms with E-state index < -0.39 is 5.97 Å². The molecule has 5 heteroatoms. The van der Waals surface area contributed by atoms with E-state index in [1.165, 1.54) is 0 Å². The van der Waals surface area contributed by atoms with E-state index in [0.29, 0.717) is 6.42 Å². The highest BCUT2D eigenvalue weighted by molar-refractivity contribution is 5.83. The van der Waals surface area contributed by atoms with Gasteiger partial charge >= 0.3 is 5.97 Å². The summed E-state index contributed by atoms with van der Waals surface area (Å²) in [5, 5.41) is 11.8. The van der Waals surface area contributed by atoms with Crippen molar-refractivity contribution in [2.24, 2.45) is 0 Å². The third-order valence-electron chi connectivity index (χ3n) is 2.73. The highest BCUT2D eigenvalue weighted by Crippen LogP contribution is 2.11. The van der Waals surface area contributed by atoms with Crippen LogP contribution in [0.25, 0.3) is 0 Å². The number of hydrogen-bond acceptors (Lipinski definition) is 3. The topological polar surface area (TPSA) is 69.6 Å². The van der Waals surface area contributed by atoms with Gasteiger partial charge in [-0.05, 0) is 19.8 Å². The maximum absolute atomic E-state index is 11.9. The summed E-state index contributed by atoms with van der Waals surface area (Å²) in [7, 11) is 0. The molecule has 1 amide bonds. The normalized spacial score (nSPS) is 25.9. The first kappa shape index (κ1) is 13.0. The predicted molar refractivity (Wildman–Crippen MR) is 60.1 cm³/mol. The van der Waals surface area contributed by atoms with Crippen LogP contribution in [0.2, 0.25) is 0 Å². The molecule has 0 radical (unpaired) electrons. The lowest BCUT2D eigenvalue weighted by atomic mass is 10.0. The Morgan fingerprint density at radius 1 is 1.62 bits per heavy atom. The van der Waals surface area contributed by atoms with Crippen molar-refractivity contribution in [3.63, 3.8) is 0 Å². The molecule has 16 heavy (non-hydrogen) atoms. The van der Waals surface area contributed by atoms with Gasteiger partial charge < -0.3 is 15.3 Å². The molecule has 0 spiro atoms. The zero-order valence-electron chi connectivity index (χ0n) is 9.90. The summed E-state index contributed by atoms with van der Waals surface area (Å²) < 4.78 is 0. The molecular formula is C11H20N2O3. The second-order valence-corrected chi connectivity index (χ2v) is 4.34. The van der Waals surface area contributed by atoms with E-state index in [-0.39, 0.29) is 24.4 Å². The van der Waals surface area contributed by atoms with Gasteiger partial charge in [-0.25, -0.2) is 0 Å². The van der Waals surface area contributed by atoms with Crippen LogP contribution in [0.4, 0.5) is 0 Å². The van der Waals surface area contributed by atoms with Crippen LogP contribution in [0.3, 0.4) is 0 Å². The zero-order chi connectivity index (χ0) is 12.1. The SMILES string of the molecule is CCCN1CC(C)NC(CCC(=O)O)C1=O. The molecule has 1 heterocycles. The fraction of sp³-hybridized carbons (Fsp3) is 0.818. The third kappa shape index (κ3) is 3.48. The largest absolute Gasteiger partial charge is 0.481 e. The number of amides is 1. The van der Waals surface area contributed by atoms with Gasteiger partial charge in [-0.3, -0.25) is 9.59 Å². The molecule has 5 nitrogen and oxygen atoms in total. The van der Waals surface area contributed by atoms with Crippen molar-refractivity contribution in [2.45, 2.75) is 45.2 Å². The van der Waals surface area contributed by atoms with Crippen LogP contribution in [0, 0.1) is 0 Å². The van der Waals surface area contributed by atoms with E-state index >= 15 is 0 Å². The Balaban J connectivity index is 2.54. The van der Waals surface area contributed by atoms with Gasteiger partial charge in [0.1, 0.15) is 0 Å². The number of nitrogens with zero attached hydrogens (tertiary/aromatic N) is 1. The van der Waals surface area contributed by atoms with Crippen LogP contribution in [0.1, 0.15) is 33.1 Å². The highest BCUT2D eigenvalue weighted by atomic mass is 16.4. The Morgan fingerprint density at radius 2 is 2.31 bits per heavy atom. The molecule has 1 saturated heterocycles. The number of aliphatic carboxylic acids is 1. The van der Waals surface area contributed by atoms with Crippen molar-refractivity contribution >= 4 is 11.9 Å². The number of carboxylic acid groups (broad SMARTS) is 1. The molecule has 0 aromatic heterocycles. The Kier molecular flexibility index (Phi) is 4.73. The first-order chi connectivity index (χ1) is 7.54. The van der Waals surface area contributed by atoms with Crippen molar-refractivity contribution < 1.29 is 14.7 Å². The predicted octanol–water partition coefficient (Wildman–Crippen LogP) is 0.450. The van der Waals surface area contributed by atoms with Crippen molar-refractivity contribution in [1.29, 1.82) is 0 Å². The minimum atomic E-state index is -0.852. The lowest BCUT2D eigenvalue weighted by Gasteiger charge is -2.36. The van der Waals surface area contributed by atoms with Gasteiger partial charge in [0, 0.05) is 25.6 Å². The Labute approximate surface area is 95.8 Å². The summed E-state index contributed by atoms with van der Waals surface area (Å²) in [5.41, 5.74) is 0. The summed E-state index contributed by atoms with van der Waals surface area (Å²) in [6, 6.07) is -0.0885. The number of carboxylic acids is 1. The average molecular weight is 228 g/mol. The average Bonchev–Trinajstić information content (AvgIpc) is 2.21. The molecule has 92 valence electrons. The second-order valence-electron chi connectivity index (χ2n) is 4.34. The first-order valence-corrected chi connectivity index (χ1v) is 5.81. The van der Waals surface area contributed by atoms with Crippen molar-refractivity contribution in [3.05, 3.63) is 0 Å². The van der Waals surface area contributed by atoms with E-state index in [1.807, 2.05) is 18.7 Å². The fourth-order valence-electron chi connectivity index (χ4n) is 2.05. The van der Waals surface area contributed by atoms with Gasteiger partial charge in [0.2, 0.25) is 5.91 Å². The summed E-state index contributed by atoms with van der Waals surface area (Å²) in [6.45, 7) is 5.53. The number of carbonyl (C=O) groups excluding carboxylic acids is 1.